The molecule has 1 fully saturated rings. The second kappa shape index (κ2) is 8.56. The van der Waals surface area contributed by atoms with Gasteiger partial charge in [-0.05, 0) is 33.6 Å². The standard InChI is InChI=1S/C14H27N3O3.ClH/c1-13(2,3)17-11(18)4-7-16-12(19)14(10-15)5-8-20-9-6-14;/h4-10,15H2,1-3H3,(H,16,19)(H,17,18);1H. The SMILES string of the molecule is CC(C)(C)NC(=O)CCNC(=O)C1(CN)CCOCC1.Cl. The third-order valence-corrected chi connectivity index (χ3v) is 3.47. The van der Waals surface area contributed by atoms with Crippen molar-refractivity contribution in [3.8, 4) is 0 Å². The normalized spacial score (nSPS) is 17.5. The lowest BCUT2D eigenvalue weighted by Crippen LogP contribution is -2.50. The van der Waals surface area contributed by atoms with Gasteiger partial charge in [0.1, 0.15) is 0 Å². The molecule has 6 nitrogen and oxygen atoms in total. The van der Waals surface area contributed by atoms with E-state index in [0.717, 1.165) is 0 Å². The first-order valence-electron chi connectivity index (χ1n) is 7.16. The van der Waals surface area contributed by atoms with Crippen LogP contribution in [0.1, 0.15) is 40.0 Å². The van der Waals surface area contributed by atoms with E-state index < -0.39 is 5.41 Å². The van der Waals surface area contributed by atoms with Crippen LogP contribution < -0.4 is 16.4 Å². The van der Waals surface area contributed by atoms with Gasteiger partial charge in [-0.15, -0.1) is 12.4 Å². The number of nitrogens with one attached hydrogen (secondary N) is 2. The molecule has 1 rings (SSSR count). The Morgan fingerprint density at radius 3 is 2.29 bits per heavy atom. The molecule has 0 spiro atoms. The number of carbonyl (C=O) groups is 2. The third-order valence-electron chi connectivity index (χ3n) is 3.47. The summed E-state index contributed by atoms with van der Waals surface area (Å²) in [5.74, 6) is -0.126. The summed E-state index contributed by atoms with van der Waals surface area (Å²) in [5.41, 5.74) is 4.98. The number of hydrogen-bond donors (Lipinski definition) is 3. The molecule has 0 atom stereocenters. The summed E-state index contributed by atoms with van der Waals surface area (Å²) in [4.78, 5) is 23.9. The topological polar surface area (TPSA) is 93.5 Å². The molecule has 124 valence electrons. The molecule has 0 radical (unpaired) electrons. The lowest BCUT2D eigenvalue weighted by molar-refractivity contribution is -0.136. The van der Waals surface area contributed by atoms with Crippen molar-refractivity contribution in [1.82, 2.24) is 10.6 Å². The van der Waals surface area contributed by atoms with Crippen molar-refractivity contribution in [2.75, 3.05) is 26.3 Å². The Balaban J connectivity index is 0.00000400. The Kier molecular flexibility index (Phi) is 8.21. The molecule has 0 bridgehead atoms. The van der Waals surface area contributed by atoms with Gasteiger partial charge in [0.25, 0.3) is 0 Å². The summed E-state index contributed by atoms with van der Waals surface area (Å²) >= 11 is 0. The average molecular weight is 322 g/mol. The first-order valence-corrected chi connectivity index (χ1v) is 7.16. The molecule has 0 aromatic rings. The number of amides is 2. The fraction of sp³-hybridized carbons (Fsp3) is 0.857. The van der Waals surface area contributed by atoms with Gasteiger partial charge in [0.15, 0.2) is 0 Å². The molecule has 0 saturated carbocycles. The molecule has 7 heteroatoms. The maximum Gasteiger partial charge on any atom is 0.227 e. The van der Waals surface area contributed by atoms with E-state index in [1.165, 1.54) is 0 Å². The molecule has 1 aliphatic rings. The Bertz CT molecular complexity index is 350. The molecule has 0 unspecified atom stereocenters. The minimum atomic E-state index is -0.529. The van der Waals surface area contributed by atoms with Crippen molar-refractivity contribution < 1.29 is 14.3 Å². The number of nitrogens with two attached hydrogens (primary N) is 1. The van der Waals surface area contributed by atoms with E-state index in [2.05, 4.69) is 10.6 Å². The summed E-state index contributed by atoms with van der Waals surface area (Å²) in [7, 11) is 0. The second-order valence-electron chi connectivity index (χ2n) is 6.40. The van der Waals surface area contributed by atoms with Gasteiger partial charge >= 0.3 is 0 Å². The van der Waals surface area contributed by atoms with Crippen molar-refractivity contribution in [3.05, 3.63) is 0 Å². The highest BCUT2D eigenvalue weighted by Crippen LogP contribution is 2.29. The van der Waals surface area contributed by atoms with Gasteiger partial charge in [0, 0.05) is 38.3 Å². The fourth-order valence-corrected chi connectivity index (χ4v) is 2.24. The van der Waals surface area contributed by atoms with E-state index >= 15 is 0 Å². The Hall–Kier alpha value is -0.850. The molecule has 0 aromatic heterocycles. The van der Waals surface area contributed by atoms with Crippen LogP contribution in [0.5, 0.6) is 0 Å². The van der Waals surface area contributed by atoms with Crippen LogP contribution in [0.4, 0.5) is 0 Å². The Labute approximate surface area is 133 Å². The molecular formula is C14H28ClN3O3. The summed E-state index contributed by atoms with van der Waals surface area (Å²) in [6.45, 7) is 7.56. The molecule has 1 saturated heterocycles. The van der Waals surface area contributed by atoms with Crippen LogP contribution in [0.25, 0.3) is 0 Å². The fourth-order valence-electron chi connectivity index (χ4n) is 2.24. The van der Waals surface area contributed by atoms with Gasteiger partial charge in [0.05, 0.1) is 5.41 Å². The first kappa shape index (κ1) is 20.1. The quantitative estimate of drug-likeness (QED) is 0.690. The minimum Gasteiger partial charge on any atom is -0.381 e. The van der Waals surface area contributed by atoms with E-state index in [1.807, 2.05) is 20.8 Å². The summed E-state index contributed by atoms with van der Waals surface area (Å²) in [5, 5.41) is 5.69. The second-order valence-corrected chi connectivity index (χ2v) is 6.40. The van der Waals surface area contributed by atoms with Gasteiger partial charge < -0.3 is 21.1 Å². The molecule has 21 heavy (non-hydrogen) atoms. The summed E-state index contributed by atoms with van der Waals surface area (Å²) < 4.78 is 5.27. The molecule has 2 amide bonds. The lowest BCUT2D eigenvalue weighted by Gasteiger charge is -2.34. The first-order chi connectivity index (χ1) is 9.29. The van der Waals surface area contributed by atoms with Crippen LogP contribution in [0.2, 0.25) is 0 Å². The van der Waals surface area contributed by atoms with E-state index in [4.69, 9.17) is 10.5 Å². The van der Waals surface area contributed by atoms with Crippen LogP contribution in [0, 0.1) is 5.41 Å². The van der Waals surface area contributed by atoms with Crippen LogP contribution >= 0.6 is 12.4 Å². The largest absolute Gasteiger partial charge is 0.381 e. The molecule has 0 aliphatic carbocycles. The van der Waals surface area contributed by atoms with Crippen molar-refractivity contribution in [1.29, 1.82) is 0 Å². The lowest BCUT2D eigenvalue weighted by atomic mass is 9.79. The average Bonchev–Trinajstić information content (AvgIpc) is 2.37. The van der Waals surface area contributed by atoms with Crippen LogP contribution in [0.3, 0.4) is 0 Å². The zero-order valence-electron chi connectivity index (χ0n) is 13.2. The predicted molar refractivity (Wildman–Crippen MR) is 84.3 cm³/mol. The van der Waals surface area contributed by atoms with Gasteiger partial charge in [-0.2, -0.15) is 0 Å². The minimum absolute atomic E-state index is 0. The van der Waals surface area contributed by atoms with Crippen molar-refractivity contribution in [2.24, 2.45) is 11.1 Å². The maximum absolute atomic E-state index is 12.2. The van der Waals surface area contributed by atoms with E-state index in [-0.39, 0.29) is 36.2 Å². The van der Waals surface area contributed by atoms with Gasteiger partial charge in [-0.25, -0.2) is 0 Å². The van der Waals surface area contributed by atoms with Crippen LogP contribution in [-0.4, -0.2) is 43.7 Å². The number of carbonyl (C=O) groups excluding carboxylic acids is 2. The highest BCUT2D eigenvalue weighted by molar-refractivity contribution is 5.85. The van der Waals surface area contributed by atoms with Gasteiger partial charge in [0.2, 0.25) is 11.8 Å². The molecule has 4 N–H and O–H groups in total. The highest BCUT2D eigenvalue weighted by atomic mass is 35.5. The number of hydrogen-bond acceptors (Lipinski definition) is 4. The predicted octanol–water partition coefficient (Wildman–Crippen LogP) is 0.585. The van der Waals surface area contributed by atoms with Crippen molar-refractivity contribution in [2.45, 2.75) is 45.6 Å². The molecule has 1 heterocycles. The molecule has 1 aliphatic heterocycles. The van der Waals surface area contributed by atoms with Gasteiger partial charge in [-0.3, -0.25) is 9.59 Å². The highest BCUT2D eigenvalue weighted by Gasteiger charge is 2.38. The maximum atomic E-state index is 12.2. The number of halogens is 1. The van der Waals surface area contributed by atoms with E-state index in [0.29, 0.717) is 39.1 Å². The van der Waals surface area contributed by atoms with Crippen molar-refractivity contribution in [3.63, 3.8) is 0 Å². The van der Waals surface area contributed by atoms with Crippen molar-refractivity contribution >= 4 is 24.2 Å². The van der Waals surface area contributed by atoms with E-state index in [1.54, 1.807) is 0 Å². The zero-order chi connectivity index (χ0) is 15.2. The molecule has 0 aromatic carbocycles. The Morgan fingerprint density at radius 2 is 1.81 bits per heavy atom. The van der Waals surface area contributed by atoms with Crippen LogP contribution in [-0.2, 0) is 14.3 Å². The number of ether oxygens (including phenoxy) is 1. The van der Waals surface area contributed by atoms with E-state index in [9.17, 15) is 9.59 Å². The molecular weight excluding hydrogens is 294 g/mol. The summed E-state index contributed by atoms with van der Waals surface area (Å²) in [6, 6.07) is 0. The number of rotatable bonds is 5. The Morgan fingerprint density at radius 1 is 1.24 bits per heavy atom. The monoisotopic (exact) mass is 321 g/mol. The summed E-state index contributed by atoms with van der Waals surface area (Å²) in [6.07, 6.45) is 1.56. The van der Waals surface area contributed by atoms with Gasteiger partial charge in [-0.1, -0.05) is 0 Å². The van der Waals surface area contributed by atoms with Crippen LogP contribution in [0.15, 0.2) is 0 Å². The smallest absolute Gasteiger partial charge is 0.227 e. The zero-order valence-corrected chi connectivity index (χ0v) is 14.0. The third kappa shape index (κ3) is 6.63.